The minimum absolute atomic E-state index is 0.109. The number of carbonyl (C=O) groups excluding carboxylic acids is 1. The largest absolute Gasteiger partial charge is 0.348 e. The lowest BCUT2D eigenvalue weighted by atomic mass is 9.92. The van der Waals surface area contributed by atoms with E-state index in [1.165, 1.54) is 0 Å². The summed E-state index contributed by atoms with van der Waals surface area (Å²) in [6, 6.07) is -0.343. The van der Waals surface area contributed by atoms with Crippen molar-refractivity contribution < 1.29 is 22.4 Å². The molecule has 22 heavy (non-hydrogen) atoms. The van der Waals surface area contributed by atoms with E-state index < -0.39 is 24.7 Å². The maximum absolute atomic E-state index is 13.1. The molecule has 0 aliphatic heterocycles. The molecule has 1 N–H and O–H groups in total. The zero-order chi connectivity index (χ0) is 16.3. The second-order valence-electron chi connectivity index (χ2n) is 5.53. The van der Waals surface area contributed by atoms with Crippen molar-refractivity contribution in [2.45, 2.75) is 64.0 Å². The van der Waals surface area contributed by atoms with Crippen LogP contribution in [0.3, 0.4) is 0 Å². The first-order valence-electron chi connectivity index (χ1n) is 7.15. The van der Waals surface area contributed by atoms with Crippen LogP contribution in [-0.4, -0.2) is 39.3 Å². The van der Waals surface area contributed by atoms with Gasteiger partial charge in [-0.1, -0.05) is 5.21 Å². The molecule has 124 valence electrons. The lowest BCUT2D eigenvalue weighted by Crippen LogP contribution is -2.41. The molecular weight excluding hydrogens is 304 g/mol. The average molecular weight is 322 g/mol. The van der Waals surface area contributed by atoms with E-state index in [9.17, 15) is 22.4 Å². The highest BCUT2D eigenvalue weighted by atomic mass is 19.3. The number of halogens is 4. The number of nitrogens with one attached hydrogen (secondary N) is 1. The molecule has 0 spiro atoms. The van der Waals surface area contributed by atoms with Gasteiger partial charge in [0.05, 0.1) is 5.69 Å². The SMILES string of the molecule is Cc1nnn(CCC(F)F)c1C(=O)NC1CCC(F)(F)CC1. The predicted molar refractivity (Wildman–Crippen MR) is 70.0 cm³/mol. The average Bonchev–Trinajstić information content (AvgIpc) is 2.80. The van der Waals surface area contributed by atoms with Gasteiger partial charge in [0.2, 0.25) is 12.3 Å². The number of hydrogen-bond acceptors (Lipinski definition) is 3. The summed E-state index contributed by atoms with van der Waals surface area (Å²) >= 11 is 0. The number of nitrogens with zero attached hydrogens (tertiary/aromatic N) is 3. The first-order chi connectivity index (χ1) is 10.3. The number of aromatic nitrogens is 3. The molecule has 1 heterocycles. The number of rotatable bonds is 5. The second kappa shape index (κ2) is 6.62. The van der Waals surface area contributed by atoms with E-state index >= 15 is 0 Å². The van der Waals surface area contributed by atoms with Crippen molar-refractivity contribution in [2.24, 2.45) is 0 Å². The Morgan fingerprint density at radius 3 is 2.64 bits per heavy atom. The number of aryl methyl sites for hydroxylation is 2. The van der Waals surface area contributed by atoms with Gasteiger partial charge in [-0.05, 0) is 19.8 Å². The second-order valence-corrected chi connectivity index (χ2v) is 5.53. The molecule has 0 atom stereocenters. The van der Waals surface area contributed by atoms with Crippen LogP contribution < -0.4 is 5.32 Å². The number of carbonyl (C=O) groups is 1. The molecule has 5 nitrogen and oxygen atoms in total. The zero-order valence-corrected chi connectivity index (χ0v) is 12.2. The third-order valence-electron chi connectivity index (χ3n) is 3.73. The highest BCUT2D eigenvalue weighted by molar-refractivity contribution is 5.93. The summed E-state index contributed by atoms with van der Waals surface area (Å²) in [5, 5.41) is 10.1. The molecule has 0 aromatic carbocycles. The van der Waals surface area contributed by atoms with Gasteiger partial charge in [0.25, 0.3) is 5.91 Å². The molecule has 0 bridgehead atoms. The Kier molecular flexibility index (Phi) is 5.02. The van der Waals surface area contributed by atoms with E-state index in [2.05, 4.69) is 15.6 Å². The molecule has 1 aromatic heterocycles. The van der Waals surface area contributed by atoms with Gasteiger partial charge >= 0.3 is 0 Å². The van der Waals surface area contributed by atoms with Gasteiger partial charge in [-0.15, -0.1) is 5.10 Å². The van der Waals surface area contributed by atoms with Gasteiger partial charge in [-0.25, -0.2) is 22.2 Å². The van der Waals surface area contributed by atoms with Crippen LogP contribution in [0, 0.1) is 6.92 Å². The Bertz CT molecular complexity index is 522. The standard InChI is InChI=1S/C13H18F4N4O/c1-8-11(21(20-19-8)7-4-10(14)15)12(22)18-9-2-5-13(16,17)6-3-9/h9-10H,2-7H2,1H3,(H,18,22). The van der Waals surface area contributed by atoms with Crippen molar-refractivity contribution >= 4 is 5.91 Å². The van der Waals surface area contributed by atoms with Gasteiger partial charge in [0.1, 0.15) is 5.69 Å². The first-order valence-corrected chi connectivity index (χ1v) is 7.15. The quantitative estimate of drug-likeness (QED) is 0.848. The molecule has 1 fully saturated rings. The van der Waals surface area contributed by atoms with Crippen LogP contribution in [0.15, 0.2) is 0 Å². The Morgan fingerprint density at radius 2 is 2.05 bits per heavy atom. The molecule has 0 saturated heterocycles. The Hall–Kier alpha value is -1.67. The smallest absolute Gasteiger partial charge is 0.271 e. The van der Waals surface area contributed by atoms with Crippen molar-refractivity contribution in [3.8, 4) is 0 Å². The van der Waals surface area contributed by atoms with Crippen LogP contribution in [0.25, 0.3) is 0 Å². The summed E-state index contributed by atoms with van der Waals surface area (Å²) in [4.78, 5) is 12.2. The Labute approximate surface area is 125 Å². The van der Waals surface area contributed by atoms with Crippen LogP contribution in [0.5, 0.6) is 0 Å². The lowest BCUT2D eigenvalue weighted by Gasteiger charge is -2.28. The summed E-state index contributed by atoms with van der Waals surface area (Å²) in [5.74, 6) is -3.18. The van der Waals surface area contributed by atoms with Gasteiger partial charge in [0, 0.05) is 31.8 Å². The summed E-state index contributed by atoms with van der Waals surface area (Å²) in [7, 11) is 0. The monoisotopic (exact) mass is 322 g/mol. The van der Waals surface area contributed by atoms with Crippen LogP contribution >= 0.6 is 0 Å². The number of amides is 1. The van der Waals surface area contributed by atoms with E-state index in [1.807, 2.05) is 0 Å². The highest BCUT2D eigenvalue weighted by Gasteiger charge is 2.35. The van der Waals surface area contributed by atoms with E-state index in [0.717, 1.165) is 4.68 Å². The maximum atomic E-state index is 13.1. The van der Waals surface area contributed by atoms with E-state index in [4.69, 9.17) is 0 Å². The molecule has 1 aliphatic carbocycles. The number of hydrogen-bond donors (Lipinski definition) is 1. The maximum Gasteiger partial charge on any atom is 0.271 e. The van der Waals surface area contributed by atoms with Crippen LogP contribution in [-0.2, 0) is 6.54 Å². The first kappa shape index (κ1) is 16.7. The fourth-order valence-corrected chi connectivity index (χ4v) is 2.50. The van der Waals surface area contributed by atoms with Crippen molar-refractivity contribution in [1.29, 1.82) is 0 Å². The Balaban J connectivity index is 1.99. The lowest BCUT2D eigenvalue weighted by molar-refractivity contribution is -0.0399. The molecule has 0 radical (unpaired) electrons. The van der Waals surface area contributed by atoms with Crippen molar-refractivity contribution in [3.63, 3.8) is 0 Å². The zero-order valence-electron chi connectivity index (χ0n) is 12.2. The molecule has 0 unspecified atom stereocenters. The highest BCUT2D eigenvalue weighted by Crippen LogP contribution is 2.33. The fourth-order valence-electron chi connectivity index (χ4n) is 2.50. The van der Waals surface area contributed by atoms with Crippen molar-refractivity contribution in [2.75, 3.05) is 0 Å². The van der Waals surface area contributed by atoms with Crippen molar-refractivity contribution in [1.82, 2.24) is 20.3 Å². The van der Waals surface area contributed by atoms with E-state index in [0.29, 0.717) is 5.69 Å². The summed E-state index contributed by atoms with van der Waals surface area (Å²) in [6.07, 6.45) is -3.08. The number of alkyl halides is 4. The third-order valence-corrected chi connectivity index (χ3v) is 3.73. The summed E-state index contributed by atoms with van der Waals surface area (Å²) in [6.45, 7) is 1.43. The molecule has 1 saturated carbocycles. The molecule has 2 rings (SSSR count). The van der Waals surface area contributed by atoms with Gasteiger partial charge in [-0.2, -0.15) is 0 Å². The molecule has 1 amide bonds. The molecule has 1 aromatic rings. The molecule has 1 aliphatic rings. The normalized spacial score (nSPS) is 18.6. The van der Waals surface area contributed by atoms with E-state index in [1.54, 1.807) is 6.92 Å². The van der Waals surface area contributed by atoms with Gasteiger partial charge in [-0.3, -0.25) is 4.79 Å². The Morgan fingerprint density at radius 1 is 1.41 bits per heavy atom. The topological polar surface area (TPSA) is 59.8 Å². The van der Waals surface area contributed by atoms with Crippen molar-refractivity contribution in [3.05, 3.63) is 11.4 Å². The van der Waals surface area contributed by atoms with Gasteiger partial charge < -0.3 is 5.32 Å². The summed E-state index contributed by atoms with van der Waals surface area (Å²) in [5.41, 5.74) is 0.436. The minimum atomic E-state index is -2.67. The summed E-state index contributed by atoms with van der Waals surface area (Å²) < 4.78 is 51.8. The van der Waals surface area contributed by atoms with Gasteiger partial charge in [0.15, 0.2) is 0 Å². The predicted octanol–water partition coefficient (Wildman–Crippen LogP) is 2.55. The third kappa shape index (κ3) is 4.17. The van der Waals surface area contributed by atoms with Crippen LogP contribution in [0.1, 0.15) is 48.3 Å². The minimum Gasteiger partial charge on any atom is -0.348 e. The molecule has 9 heteroatoms. The van der Waals surface area contributed by atoms with Crippen LogP contribution in [0.4, 0.5) is 17.6 Å². The molecular formula is C13H18F4N4O. The van der Waals surface area contributed by atoms with Crippen LogP contribution in [0.2, 0.25) is 0 Å². The fraction of sp³-hybridized carbons (Fsp3) is 0.769. The van der Waals surface area contributed by atoms with E-state index in [-0.39, 0.29) is 44.0 Å².